The highest BCUT2D eigenvalue weighted by Crippen LogP contribution is 2.36. The van der Waals surface area contributed by atoms with Gasteiger partial charge in [0.1, 0.15) is 18.2 Å². The molecule has 0 saturated carbocycles. The number of ether oxygens (including phenoxy) is 1. The summed E-state index contributed by atoms with van der Waals surface area (Å²) >= 11 is 0. The smallest absolute Gasteiger partial charge is 0.233 e. The van der Waals surface area contributed by atoms with Crippen LogP contribution >= 0.6 is 0 Å². The molecule has 1 atom stereocenters. The van der Waals surface area contributed by atoms with Crippen LogP contribution in [0.5, 0.6) is 5.75 Å². The summed E-state index contributed by atoms with van der Waals surface area (Å²) < 4.78 is 5.54. The van der Waals surface area contributed by atoms with Gasteiger partial charge in [-0.05, 0) is 37.1 Å². The lowest BCUT2D eigenvalue weighted by molar-refractivity contribution is -0.128. The van der Waals surface area contributed by atoms with Crippen LogP contribution in [0.1, 0.15) is 35.5 Å². The predicted molar refractivity (Wildman–Crippen MR) is 90.6 cm³/mol. The van der Waals surface area contributed by atoms with Gasteiger partial charge in [-0.3, -0.25) is 4.79 Å². The molecule has 0 saturated heterocycles. The van der Waals surface area contributed by atoms with Crippen LogP contribution in [0, 0.1) is 6.92 Å². The number of benzene rings is 1. The molecule has 0 radical (unpaired) electrons. The van der Waals surface area contributed by atoms with Gasteiger partial charge in [0.15, 0.2) is 0 Å². The lowest BCUT2D eigenvalue weighted by Crippen LogP contribution is -2.24. The molecule has 1 aliphatic heterocycles. The first-order chi connectivity index (χ1) is 11.5. The normalized spacial score (nSPS) is 17.3. The van der Waals surface area contributed by atoms with Crippen molar-refractivity contribution in [2.45, 2.75) is 19.8 Å². The van der Waals surface area contributed by atoms with E-state index >= 15 is 0 Å². The van der Waals surface area contributed by atoms with E-state index in [9.17, 15) is 4.79 Å². The molecule has 1 amide bonds. The summed E-state index contributed by atoms with van der Waals surface area (Å²) in [6.07, 6.45) is 3.59. The van der Waals surface area contributed by atoms with E-state index in [-0.39, 0.29) is 25.0 Å². The zero-order chi connectivity index (χ0) is 17.3. The van der Waals surface area contributed by atoms with E-state index in [0.29, 0.717) is 5.75 Å². The van der Waals surface area contributed by atoms with Gasteiger partial charge in [0, 0.05) is 18.8 Å². The second-order valence-electron chi connectivity index (χ2n) is 5.92. The lowest BCUT2D eigenvalue weighted by Gasteiger charge is -2.16. The number of aliphatic hydroxyl groups is 1. The molecule has 2 heterocycles. The number of nitrogens with one attached hydrogen (secondary N) is 1. The number of hydrogen-bond acceptors (Lipinski definition) is 4. The number of aliphatic hydroxyl groups excluding tert-OH is 1. The molecule has 2 N–H and O–H groups in total. The van der Waals surface area contributed by atoms with Gasteiger partial charge in [0.25, 0.3) is 0 Å². The summed E-state index contributed by atoms with van der Waals surface area (Å²) in [6, 6.07) is 5.66. The summed E-state index contributed by atoms with van der Waals surface area (Å²) in [7, 11) is 1.76. The molecule has 0 unspecified atom stereocenters. The molecule has 0 aliphatic carbocycles. The van der Waals surface area contributed by atoms with Gasteiger partial charge in [-0.2, -0.15) is 0 Å². The topological polar surface area (TPSA) is 78.5 Å². The van der Waals surface area contributed by atoms with E-state index < -0.39 is 0 Å². The van der Waals surface area contributed by atoms with E-state index in [2.05, 4.69) is 9.97 Å². The maximum atomic E-state index is 12.5. The fourth-order valence-electron chi connectivity index (χ4n) is 2.94. The van der Waals surface area contributed by atoms with E-state index in [1.54, 1.807) is 18.1 Å². The number of likely N-dealkylation sites (N-methyl/N-ethyl adjacent to an activating group) is 1. The number of amides is 1. The second-order valence-corrected chi connectivity index (χ2v) is 5.92. The number of aromatic amines is 1. The largest absolute Gasteiger partial charge is 0.491 e. The highest BCUT2D eigenvalue weighted by Gasteiger charge is 2.27. The number of aromatic nitrogens is 2. The van der Waals surface area contributed by atoms with E-state index in [1.807, 2.05) is 38.2 Å². The molecule has 2 aromatic rings. The maximum Gasteiger partial charge on any atom is 0.233 e. The molecule has 3 rings (SSSR count). The van der Waals surface area contributed by atoms with Crippen LogP contribution in [0.25, 0.3) is 5.57 Å². The zero-order valence-electron chi connectivity index (χ0n) is 14.0. The van der Waals surface area contributed by atoms with Crippen molar-refractivity contribution in [2.75, 3.05) is 20.3 Å². The van der Waals surface area contributed by atoms with E-state index in [1.165, 1.54) is 0 Å². The molecule has 6 heteroatoms. The fourth-order valence-corrected chi connectivity index (χ4v) is 2.94. The van der Waals surface area contributed by atoms with Gasteiger partial charge in [0.2, 0.25) is 5.91 Å². The monoisotopic (exact) mass is 327 g/mol. The number of rotatable bonds is 4. The van der Waals surface area contributed by atoms with Crippen molar-refractivity contribution in [3.8, 4) is 5.75 Å². The Bertz CT molecular complexity index is 795. The van der Waals surface area contributed by atoms with Crippen LogP contribution in [-0.2, 0) is 4.79 Å². The second kappa shape index (κ2) is 6.49. The van der Waals surface area contributed by atoms with Gasteiger partial charge in [0.05, 0.1) is 24.4 Å². The fraction of sp³-hybridized carbons (Fsp3) is 0.333. The third-order valence-corrected chi connectivity index (χ3v) is 4.18. The van der Waals surface area contributed by atoms with Crippen LogP contribution in [0.4, 0.5) is 0 Å². The van der Waals surface area contributed by atoms with Crippen molar-refractivity contribution < 1.29 is 14.6 Å². The van der Waals surface area contributed by atoms with E-state index in [0.717, 1.165) is 28.2 Å². The Morgan fingerprint density at radius 2 is 2.21 bits per heavy atom. The number of H-pyrrole nitrogens is 1. The molecular formula is C18H21N3O3. The van der Waals surface area contributed by atoms with Crippen LogP contribution in [0.2, 0.25) is 0 Å². The van der Waals surface area contributed by atoms with Gasteiger partial charge < -0.3 is 19.7 Å². The molecule has 6 nitrogen and oxygen atoms in total. The Morgan fingerprint density at radius 3 is 2.88 bits per heavy atom. The molecule has 1 aromatic carbocycles. The molecule has 0 bridgehead atoms. The Hall–Kier alpha value is -2.60. The van der Waals surface area contributed by atoms with Gasteiger partial charge in [-0.15, -0.1) is 0 Å². The van der Waals surface area contributed by atoms with Crippen molar-refractivity contribution in [3.63, 3.8) is 0 Å². The number of nitrogens with zero attached hydrogens (tertiary/aromatic N) is 2. The molecule has 126 valence electrons. The number of aryl methyl sites for hydroxylation is 1. The van der Waals surface area contributed by atoms with E-state index in [4.69, 9.17) is 9.84 Å². The molecule has 0 fully saturated rings. The summed E-state index contributed by atoms with van der Waals surface area (Å²) in [6.45, 7) is 3.98. The number of hydrogen-bond donors (Lipinski definition) is 2. The number of carbonyl (C=O) groups excluding carboxylic acids is 1. The van der Waals surface area contributed by atoms with Crippen LogP contribution in [-0.4, -0.2) is 46.1 Å². The van der Waals surface area contributed by atoms with Crippen LogP contribution in [0.3, 0.4) is 0 Å². The van der Waals surface area contributed by atoms with Crippen molar-refractivity contribution in [2.24, 2.45) is 0 Å². The van der Waals surface area contributed by atoms with Crippen molar-refractivity contribution in [1.29, 1.82) is 0 Å². The number of fused-ring (bicyclic) bond motifs is 1. The summed E-state index contributed by atoms with van der Waals surface area (Å²) in [5, 5.41) is 8.95. The molecular weight excluding hydrogens is 306 g/mol. The minimum atomic E-state index is -0.255. The van der Waals surface area contributed by atoms with Crippen molar-refractivity contribution in [1.82, 2.24) is 14.9 Å². The minimum Gasteiger partial charge on any atom is -0.491 e. The first-order valence-corrected chi connectivity index (χ1v) is 7.89. The van der Waals surface area contributed by atoms with Crippen LogP contribution in [0.15, 0.2) is 30.6 Å². The minimum absolute atomic E-state index is 0.0338. The first-order valence-electron chi connectivity index (χ1n) is 7.89. The maximum absolute atomic E-state index is 12.5. The lowest BCUT2D eigenvalue weighted by atomic mass is 9.91. The standard InChI is InChI=1S/C18H21N3O3/c1-11-14-5-4-13(24-7-6-22)8-15(14)16(10-21(3)18(11)23)17-9-19-12(2)20-17/h4-5,8-11,22H,6-7H2,1-3H3,(H,19,20)/t11-/m1/s1. The Balaban J connectivity index is 2.15. The molecule has 1 aliphatic rings. The first kappa shape index (κ1) is 16.3. The third-order valence-electron chi connectivity index (χ3n) is 4.18. The Labute approximate surface area is 140 Å². The Kier molecular flexibility index (Phi) is 4.40. The van der Waals surface area contributed by atoms with Crippen molar-refractivity contribution >= 4 is 11.5 Å². The number of imidazole rings is 1. The van der Waals surface area contributed by atoms with Gasteiger partial charge in [-0.25, -0.2) is 4.98 Å². The van der Waals surface area contributed by atoms with Crippen molar-refractivity contribution in [3.05, 3.63) is 53.2 Å². The SMILES string of the molecule is Cc1ncc(C2=CN(C)C(=O)[C@H](C)c3ccc(OCCO)cc32)[nH]1. The number of carbonyl (C=O) groups is 1. The van der Waals surface area contributed by atoms with Gasteiger partial charge in [-0.1, -0.05) is 6.07 Å². The highest BCUT2D eigenvalue weighted by molar-refractivity contribution is 5.92. The zero-order valence-corrected chi connectivity index (χ0v) is 14.0. The third kappa shape index (κ3) is 2.92. The predicted octanol–water partition coefficient (Wildman–Crippen LogP) is 2.05. The quantitative estimate of drug-likeness (QED) is 0.901. The highest BCUT2D eigenvalue weighted by atomic mass is 16.5. The summed E-state index contributed by atoms with van der Waals surface area (Å²) in [5.74, 6) is 1.25. The van der Waals surface area contributed by atoms with Crippen LogP contribution < -0.4 is 4.74 Å². The molecule has 24 heavy (non-hydrogen) atoms. The average Bonchev–Trinajstić information content (AvgIpc) is 2.98. The molecule has 0 spiro atoms. The average molecular weight is 327 g/mol. The summed E-state index contributed by atoms with van der Waals surface area (Å²) in [5.41, 5.74) is 3.61. The summed E-state index contributed by atoms with van der Waals surface area (Å²) in [4.78, 5) is 21.6. The Morgan fingerprint density at radius 1 is 1.42 bits per heavy atom. The molecule has 1 aromatic heterocycles. The van der Waals surface area contributed by atoms with Gasteiger partial charge >= 0.3 is 0 Å².